The Labute approximate surface area is 471 Å². The number of rotatable bonds is 21. The third-order valence-corrected chi connectivity index (χ3v) is 10.6. The van der Waals surface area contributed by atoms with Gasteiger partial charge in [0, 0.05) is 81.1 Å². The van der Waals surface area contributed by atoms with Gasteiger partial charge in [0.1, 0.15) is 40.6 Å². The maximum absolute atomic E-state index is 13.2. The van der Waals surface area contributed by atoms with Crippen LogP contribution in [-0.2, 0) is 36.8 Å². The van der Waals surface area contributed by atoms with Gasteiger partial charge in [-0.1, -0.05) is 51.0 Å². The van der Waals surface area contributed by atoms with E-state index in [4.69, 9.17) is 32.2 Å². The van der Waals surface area contributed by atoms with Gasteiger partial charge in [0.05, 0.1) is 24.8 Å². The van der Waals surface area contributed by atoms with E-state index in [0.29, 0.717) is 72.5 Å². The zero-order valence-electron chi connectivity index (χ0n) is 46.3. The number of esters is 1. The molecular weight excluding hydrogens is 1040 g/mol. The second kappa shape index (κ2) is 35.1. The van der Waals surface area contributed by atoms with Gasteiger partial charge in [0.2, 0.25) is 23.7 Å². The Balaban J connectivity index is 0.00000141. The van der Waals surface area contributed by atoms with Gasteiger partial charge in [-0.15, -0.1) is 24.4 Å². The van der Waals surface area contributed by atoms with Crippen molar-refractivity contribution in [1.29, 1.82) is 0 Å². The summed E-state index contributed by atoms with van der Waals surface area (Å²) < 4.78 is 16.1. The van der Waals surface area contributed by atoms with Crippen LogP contribution in [0, 0.1) is 24.7 Å². The second-order valence-corrected chi connectivity index (χ2v) is 18.3. The van der Waals surface area contributed by atoms with E-state index >= 15 is 0 Å². The number of alkyl halides is 1. The van der Waals surface area contributed by atoms with Gasteiger partial charge in [0.15, 0.2) is 11.6 Å². The zero-order chi connectivity index (χ0) is 58.0. The minimum Gasteiger partial charge on any atom is -0.480 e. The quantitative estimate of drug-likeness (QED) is 0.0347. The summed E-state index contributed by atoms with van der Waals surface area (Å²) in [5, 5.41) is 18.8. The number of amides is 4. The first-order valence-electron chi connectivity index (χ1n) is 24.5. The summed E-state index contributed by atoms with van der Waals surface area (Å²) in [6.45, 7) is 18.7. The normalized spacial score (nSPS) is 10.8. The van der Waals surface area contributed by atoms with Crippen LogP contribution in [0.1, 0.15) is 88.3 Å². The van der Waals surface area contributed by atoms with Crippen LogP contribution in [0.15, 0.2) is 60.9 Å². The molecule has 22 nitrogen and oxygen atoms in total. The minimum atomic E-state index is -1.11. The largest absolute Gasteiger partial charge is 0.480 e. The van der Waals surface area contributed by atoms with Crippen molar-refractivity contribution >= 4 is 82.4 Å². The van der Waals surface area contributed by atoms with E-state index in [0.717, 1.165) is 5.56 Å². The molecule has 2 aromatic heterocycles. The highest BCUT2D eigenvalue weighted by Crippen LogP contribution is 2.28. The second-order valence-electron chi connectivity index (χ2n) is 18.0. The first kappa shape index (κ1) is 70.6. The van der Waals surface area contributed by atoms with E-state index in [-0.39, 0.29) is 57.6 Å². The lowest BCUT2D eigenvalue weighted by Crippen LogP contribution is -2.38. The highest BCUT2D eigenvalue weighted by Gasteiger charge is 2.29. The Morgan fingerprint density at radius 2 is 1.10 bits per heavy atom. The third kappa shape index (κ3) is 24.2. The Kier molecular flexibility index (Phi) is 31.4. The number of ether oxygens (including phenoxy) is 3. The van der Waals surface area contributed by atoms with Crippen LogP contribution in [0.2, 0.25) is 0 Å². The molecule has 2 atom stereocenters. The average Bonchev–Trinajstić information content (AvgIpc) is 3.37. The van der Waals surface area contributed by atoms with Crippen LogP contribution < -0.4 is 40.1 Å². The highest BCUT2D eigenvalue weighted by atomic mass is 35.5. The van der Waals surface area contributed by atoms with Gasteiger partial charge in [-0.25, -0.2) is 29.1 Å². The molecule has 23 heteroatoms. The number of carboxylic acid groups (broad SMARTS) is 1. The molecule has 0 aliphatic heterocycles. The smallest absolute Gasteiger partial charge is 0.414 e. The van der Waals surface area contributed by atoms with Crippen LogP contribution in [0.5, 0.6) is 11.5 Å². The fourth-order valence-electron chi connectivity index (χ4n) is 6.55. The molecule has 4 amide bonds. The van der Waals surface area contributed by atoms with Crippen molar-refractivity contribution in [1.82, 2.24) is 29.7 Å². The summed E-state index contributed by atoms with van der Waals surface area (Å²) in [7, 11) is 6.34. The molecule has 0 spiro atoms. The van der Waals surface area contributed by atoms with Crippen molar-refractivity contribution in [2.45, 2.75) is 108 Å². The molecule has 4 N–H and O–H groups in total. The van der Waals surface area contributed by atoms with Crippen LogP contribution in [-0.4, -0.2) is 155 Å². The predicted molar refractivity (Wildman–Crippen MR) is 313 cm³/mol. The number of halogens is 1. The van der Waals surface area contributed by atoms with Gasteiger partial charge >= 0.3 is 24.1 Å². The molecule has 4 rings (SSSR count). The lowest BCUT2D eigenvalue weighted by Gasteiger charge is -2.26. The number of nitrogens with one attached hydrogen (secondary N) is 3. The van der Waals surface area contributed by atoms with Gasteiger partial charge in [-0.3, -0.25) is 14.5 Å². The molecule has 0 unspecified atom stereocenters. The number of aliphatic carboxylic acids is 1. The minimum absolute atomic E-state index is 0. The molecule has 432 valence electrons. The molecule has 79 heavy (non-hydrogen) atoms. The molecule has 0 radical (unpaired) electrons. The Bertz CT molecular complexity index is 2660. The lowest BCUT2D eigenvalue weighted by atomic mass is 10.0. The fourth-order valence-corrected chi connectivity index (χ4v) is 6.55. The Morgan fingerprint density at radius 1 is 0.684 bits per heavy atom. The maximum Gasteiger partial charge on any atom is 0.414 e. The van der Waals surface area contributed by atoms with E-state index < -0.39 is 41.8 Å². The van der Waals surface area contributed by atoms with E-state index in [1.54, 1.807) is 97.5 Å². The third-order valence-electron chi connectivity index (χ3n) is 10.4. The van der Waals surface area contributed by atoms with E-state index in [2.05, 4.69) is 54.2 Å². The van der Waals surface area contributed by atoms with Gasteiger partial charge in [0.25, 0.3) is 0 Å². The molecule has 0 fully saturated rings. The van der Waals surface area contributed by atoms with Gasteiger partial charge < -0.3 is 54.9 Å². The molecule has 2 aromatic carbocycles. The average molecular weight is 1120 g/mol. The van der Waals surface area contributed by atoms with Crippen LogP contribution in [0.25, 0.3) is 0 Å². The monoisotopic (exact) mass is 1120 g/mol. The van der Waals surface area contributed by atoms with Gasteiger partial charge in [-0.2, -0.15) is 9.97 Å². The van der Waals surface area contributed by atoms with E-state index in [1.807, 2.05) is 37.5 Å². The summed E-state index contributed by atoms with van der Waals surface area (Å²) in [4.78, 5) is 98.7. The molecule has 4 aromatic rings. The van der Waals surface area contributed by atoms with Crippen LogP contribution >= 0.6 is 11.6 Å². The Morgan fingerprint density at radius 3 is 1.47 bits per heavy atom. The van der Waals surface area contributed by atoms with E-state index in [9.17, 15) is 33.9 Å². The molecule has 2 heterocycles. The van der Waals surface area contributed by atoms with Crippen molar-refractivity contribution < 1.29 is 48.1 Å². The number of benzene rings is 2. The zero-order valence-corrected chi connectivity index (χ0v) is 47.0. The molecule has 0 saturated carbocycles. The number of hydrogen-bond acceptors (Lipinski definition) is 17. The van der Waals surface area contributed by atoms with Crippen LogP contribution in [0.4, 0.5) is 44.5 Å². The van der Waals surface area contributed by atoms with Crippen molar-refractivity contribution in [3.8, 4) is 36.2 Å². The maximum atomic E-state index is 13.2. The topological polar surface area (TPSA) is 254 Å². The standard InChI is InChI=1S/C26H38N6O5.C25H32N6O5.C3H3Cl.2CH4/c1-9-32(10-2)24-27-16-21(28-17(3)33)22(30-24)29-20(23(34)37-26(4,5)6)15-18-11-13-19(14-12-18)36-25(35)31(7)8;1-7-14-31(17(4)32)21-16-26-24(30(8-2)9-3)28-22(21)27-20(23(33)34)15-18-10-12-19(13-11-18)36-25(35)29(5)6;1-2-3-4;;/h11-14,16,20H,9-10,15H2,1-8H3,(H,28,33)(H,27,29,30);1,10-13,16,20H,8-9,14-15H2,2-6H3,(H,33,34)(H,26,27,28);1H,3H2;2*1H4/t2*20-;;;/m00.../s1. The van der Waals surface area contributed by atoms with Crippen molar-refractivity contribution in [2.75, 3.05) is 97.4 Å². The SMILES string of the molecule is C.C.C#CCCl.C#CCN(C(C)=O)c1cnc(N(CC)CC)nc1N[C@@H](Cc1ccc(OC(=O)N(C)C)cc1)C(=O)O.CCN(CC)c1ncc(NC(C)=O)c(N[C@@H](Cc2ccc(OC(=O)N(C)C)cc2)C(=O)OC(C)(C)C)n1. The highest BCUT2D eigenvalue weighted by molar-refractivity contribution is 6.19. The molecule has 0 saturated heterocycles. The van der Waals surface area contributed by atoms with Crippen molar-refractivity contribution in [2.24, 2.45) is 0 Å². The number of carboxylic acids is 1. The van der Waals surface area contributed by atoms with E-state index in [1.165, 1.54) is 40.9 Å². The summed E-state index contributed by atoms with van der Waals surface area (Å²) in [5.74, 6) is 4.81. The molecule has 0 bridgehead atoms. The Hall–Kier alpha value is -8.37. The molecular formula is C56H81ClN12O10. The number of anilines is 6. The van der Waals surface area contributed by atoms with Crippen molar-refractivity contribution in [3.05, 3.63) is 72.1 Å². The first-order chi connectivity index (χ1) is 36.3. The molecule has 0 aliphatic rings. The number of aromatic nitrogens is 4. The number of nitrogens with zero attached hydrogens (tertiary/aromatic N) is 9. The van der Waals surface area contributed by atoms with Gasteiger partial charge in [-0.05, 0) is 83.9 Å². The number of terminal acetylenes is 2. The number of carbonyl (C=O) groups excluding carboxylic acids is 5. The molecule has 0 aliphatic carbocycles. The number of hydrogen-bond donors (Lipinski definition) is 4. The summed E-state index contributed by atoms with van der Waals surface area (Å²) in [6.07, 6.45) is 12.4. The summed E-state index contributed by atoms with van der Waals surface area (Å²) in [6, 6.07) is 11.5. The van der Waals surface area contributed by atoms with Crippen molar-refractivity contribution in [3.63, 3.8) is 0 Å². The predicted octanol–water partition coefficient (Wildman–Crippen LogP) is 8.31. The summed E-state index contributed by atoms with van der Waals surface area (Å²) in [5.41, 5.74) is 1.41. The first-order valence-corrected chi connectivity index (χ1v) is 25.1. The summed E-state index contributed by atoms with van der Waals surface area (Å²) >= 11 is 4.95. The van der Waals surface area contributed by atoms with Crippen LogP contribution in [0.3, 0.4) is 0 Å². The number of carbonyl (C=O) groups is 6. The lowest BCUT2D eigenvalue weighted by molar-refractivity contribution is -0.155. The fraction of sp³-hybridized carbons (Fsp3) is 0.464.